The van der Waals surface area contributed by atoms with E-state index in [1.807, 2.05) is 24.3 Å². The molecule has 5 nitrogen and oxygen atoms in total. The average Bonchev–Trinajstić information content (AvgIpc) is 3.36. The molecule has 0 spiro atoms. The van der Waals surface area contributed by atoms with Gasteiger partial charge in [0.15, 0.2) is 5.82 Å². The van der Waals surface area contributed by atoms with Crippen LogP contribution in [0.3, 0.4) is 0 Å². The Morgan fingerprint density at radius 2 is 2.17 bits per heavy atom. The summed E-state index contributed by atoms with van der Waals surface area (Å²) in [5, 5.41) is 10.2. The van der Waals surface area contributed by atoms with Gasteiger partial charge in [-0.25, -0.2) is 4.39 Å². The minimum absolute atomic E-state index is 0.0529. The fourth-order valence-electron chi connectivity index (χ4n) is 2.53. The Morgan fingerprint density at radius 3 is 2.92 bits per heavy atom. The van der Waals surface area contributed by atoms with Crippen molar-refractivity contribution in [3.63, 3.8) is 0 Å². The Labute approximate surface area is 137 Å². The van der Waals surface area contributed by atoms with Crippen LogP contribution in [-0.4, -0.2) is 21.1 Å². The number of benzene rings is 1. The van der Waals surface area contributed by atoms with Crippen LogP contribution in [0.25, 0.3) is 23.1 Å². The van der Waals surface area contributed by atoms with Crippen molar-refractivity contribution in [2.75, 3.05) is 5.32 Å². The highest BCUT2D eigenvalue weighted by Crippen LogP contribution is 2.31. The van der Waals surface area contributed by atoms with Gasteiger partial charge in [-0.3, -0.25) is 14.9 Å². The van der Waals surface area contributed by atoms with Crippen molar-refractivity contribution >= 4 is 34.6 Å². The van der Waals surface area contributed by atoms with E-state index in [1.165, 1.54) is 6.07 Å². The predicted octanol–water partition coefficient (Wildman–Crippen LogP) is 3.62. The zero-order valence-corrected chi connectivity index (χ0v) is 12.8. The fourth-order valence-corrected chi connectivity index (χ4v) is 2.53. The van der Waals surface area contributed by atoms with Crippen LogP contribution in [-0.2, 0) is 4.79 Å². The molecular formula is C18H15FN4O. The van der Waals surface area contributed by atoms with Crippen molar-refractivity contribution in [2.24, 2.45) is 5.92 Å². The van der Waals surface area contributed by atoms with E-state index >= 15 is 0 Å². The second-order valence-corrected chi connectivity index (χ2v) is 5.84. The number of rotatable bonds is 4. The molecule has 1 aliphatic carbocycles. The molecule has 6 heteroatoms. The summed E-state index contributed by atoms with van der Waals surface area (Å²) in [6, 6.07) is 8.64. The Balaban J connectivity index is 1.67. The number of aromatic amines is 1. The van der Waals surface area contributed by atoms with Crippen molar-refractivity contribution in [1.29, 1.82) is 0 Å². The van der Waals surface area contributed by atoms with Crippen LogP contribution >= 0.6 is 0 Å². The first kappa shape index (κ1) is 14.6. The summed E-state index contributed by atoms with van der Waals surface area (Å²) in [5.74, 6) is -0.452. The van der Waals surface area contributed by atoms with Crippen LogP contribution in [0.15, 0.2) is 36.5 Å². The molecule has 1 amide bonds. The molecule has 1 saturated carbocycles. The monoisotopic (exact) mass is 322 g/mol. The third-order valence-electron chi connectivity index (χ3n) is 3.97. The molecule has 1 aliphatic rings. The number of pyridine rings is 1. The first-order chi connectivity index (χ1) is 11.7. The molecule has 3 aromatic rings. The second-order valence-electron chi connectivity index (χ2n) is 5.84. The number of carbonyl (C=O) groups excluding carboxylic acids is 1. The summed E-state index contributed by atoms with van der Waals surface area (Å²) in [7, 11) is 0. The highest BCUT2D eigenvalue weighted by molar-refractivity contribution is 5.98. The maximum atomic E-state index is 14.2. The van der Waals surface area contributed by atoms with E-state index in [9.17, 15) is 9.18 Å². The minimum atomic E-state index is -0.465. The molecule has 120 valence electrons. The molecular weight excluding hydrogens is 307 g/mol. The second kappa shape index (κ2) is 5.88. The SMILES string of the molecule is O=C(Nc1cc(F)c2n[nH]c(/C=C/c3ccccn3)c2c1)C1CC1. The number of carbonyl (C=O) groups is 1. The molecule has 2 heterocycles. The van der Waals surface area contributed by atoms with E-state index in [4.69, 9.17) is 0 Å². The van der Waals surface area contributed by atoms with Crippen LogP contribution in [0.5, 0.6) is 0 Å². The van der Waals surface area contributed by atoms with Crippen molar-refractivity contribution in [2.45, 2.75) is 12.8 Å². The van der Waals surface area contributed by atoms with Crippen molar-refractivity contribution in [3.05, 3.63) is 53.7 Å². The number of aromatic nitrogens is 3. The largest absolute Gasteiger partial charge is 0.326 e. The Hall–Kier alpha value is -3.02. The van der Waals surface area contributed by atoms with Crippen molar-refractivity contribution < 1.29 is 9.18 Å². The first-order valence-electron chi connectivity index (χ1n) is 7.78. The normalized spacial score (nSPS) is 14.4. The Bertz CT molecular complexity index is 929. The fraction of sp³-hybridized carbons (Fsp3) is 0.167. The lowest BCUT2D eigenvalue weighted by atomic mass is 10.1. The molecule has 0 unspecified atom stereocenters. The summed E-state index contributed by atoms with van der Waals surface area (Å²) < 4.78 is 14.2. The van der Waals surface area contributed by atoms with E-state index in [-0.39, 0.29) is 17.3 Å². The zero-order chi connectivity index (χ0) is 16.5. The van der Waals surface area contributed by atoms with E-state index < -0.39 is 5.82 Å². The number of halogens is 1. The van der Waals surface area contributed by atoms with Crippen molar-refractivity contribution in [3.8, 4) is 0 Å². The van der Waals surface area contributed by atoms with Gasteiger partial charge >= 0.3 is 0 Å². The number of amides is 1. The average molecular weight is 322 g/mol. The standard InChI is InChI=1S/C18H15FN4O/c19-15-10-13(21-18(24)11-4-5-11)9-14-16(22-23-17(14)15)7-6-12-3-1-2-8-20-12/h1-3,6-11H,4-5H2,(H,21,24)(H,22,23)/b7-6+. The van der Waals surface area contributed by atoms with Gasteiger partial charge in [0.25, 0.3) is 0 Å². The highest BCUT2D eigenvalue weighted by atomic mass is 19.1. The van der Waals surface area contributed by atoms with Crippen molar-refractivity contribution in [1.82, 2.24) is 15.2 Å². The topological polar surface area (TPSA) is 70.7 Å². The van der Waals surface area contributed by atoms with Crippen LogP contribution < -0.4 is 5.32 Å². The van der Waals surface area contributed by atoms with Gasteiger partial charge in [-0.15, -0.1) is 0 Å². The summed E-state index contributed by atoms with van der Waals surface area (Å²) in [5.41, 5.74) is 2.15. The lowest BCUT2D eigenvalue weighted by molar-refractivity contribution is -0.117. The van der Waals surface area contributed by atoms with Gasteiger partial charge in [0.2, 0.25) is 5.91 Å². The van der Waals surface area contributed by atoms with Gasteiger partial charge in [-0.2, -0.15) is 5.10 Å². The number of anilines is 1. The summed E-state index contributed by atoms with van der Waals surface area (Å²) in [6.07, 6.45) is 7.13. The molecule has 0 bridgehead atoms. The molecule has 1 fully saturated rings. The molecule has 0 radical (unpaired) electrons. The molecule has 0 atom stereocenters. The highest BCUT2D eigenvalue weighted by Gasteiger charge is 2.29. The number of hydrogen-bond acceptors (Lipinski definition) is 3. The zero-order valence-electron chi connectivity index (χ0n) is 12.8. The lowest BCUT2D eigenvalue weighted by Gasteiger charge is -2.05. The lowest BCUT2D eigenvalue weighted by Crippen LogP contribution is -2.13. The quantitative estimate of drug-likeness (QED) is 0.771. The van der Waals surface area contributed by atoms with E-state index in [1.54, 1.807) is 18.3 Å². The van der Waals surface area contributed by atoms with Gasteiger partial charge < -0.3 is 5.32 Å². The maximum absolute atomic E-state index is 14.2. The molecule has 2 aromatic heterocycles. The number of hydrogen-bond donors (Lipinski definition) is 2. The predicted molar refractivity (Wildman–Crippen MR) is 90.6 cm³/mol. The number of nitrogens with zero attached hydrogens (tertiary/aromatic N) is 2. The van der Waals surface area contributed by atoms with Crippen LogP contribution in [0.2, 0.25) is 0 Å². The molecule has 0 aliphatic heterocycles. The Kier molecular flexibility index (Phi) is 3.57. The van der Waals surface area contributed by atoms with Crippen LogP contribution in [0, 0.1) is 11.7 Å². The smallest absolute Gasteiger partial charge is 0.227 e. The van der Waals surface area contributed by atoms with Gasteiger partial charge in [0, 0.05) is 23.2 Å². The third kappa shape index (κ3) is 2.90. The summed E-state index contributed by atoms with van der Waals surface area (Å²) >= 11 is 0. The van der Waals surface area contributed by atoms with Crippen LogP contribution in [0.1, 0.15) is 24.2 Å². The molecule has 24 heavy (non-hydrogen) atoms. The van der Waals surface area contributed by atoms with Gasteiger partial charge in [0.1, 0.15) is 5.52 Å². The van der Waals surface area contributed by atoms with E-state index in [0.29, 0.717) is 16.8 Å². The third-order valence-corrected chi connectivity index (χ3v) is 3.97. The summed E-state index contributed by atoms with van der Waals surface area (Å²) in [4.78, 5) is 16.1. The molecule has 2 N–H and O–H groups in total. The van der Waals surface area contributed by atoms with Gasteiger partial charge in [-0.1, -0.05) is 6.07 Å². The van der Waals surface area contributed by atoms with Gasteiger partial charge in [0.05, 0.1) is 11.4 Å². The molecule has 1 aromatic carbocycles. The number of H-pyrrole nitrogens is 1. The van der Waals surface area contributed by atoms with E-state index in [2.05, 4.69) is 20.5 Å². The number of fused-ring (bicyclic) bond motifs is 1. The minimum Gasteiger partial charge on any atom is -0.326 e. The Morgan fingerprint density at radius 1 is 1.29 bits per heavy atom. The molecule has 0 saturated heterocycles. The number of nitrogens with one attached hydrogen (secondary N) is 2. The maximum Gasteiger partial charge on any atom is 0.227 e. The van der Waals surface area contributed by atoms with Crippen LogP contribution in [0.4, 0.5) is 10.1 Å². The molecule has 4 rings (SSSR count). The first-order valence-corrected chi connectivity index (χ1v) is 7.78. The van der Waals surface area contributed by atoms with Gasteiger partial charge in [-0.05, 0) is 49.3 Å². The van der Waals surface area contributed by atoms with E-state index in [0.717, 1.165) is 18.5 Å². The summed E-state index contributed by atoms with van der Waals surface area (Å²) in [6.45, 7) is 0.